The lowest BCUT2D eigenvalue weighted by Gasteiger charge is -2.27. The Morgan fingerprint density at radius 2 is 1.33 bits per heavy atom. The maximum Gasteiger partial charge on any atom is 0.249 e. The largest absolute Gasteiger partial charge is 0.370 e. The van der Waals surface area contributed by atoms with E-state index >= 15 is 0 Å². The van der Waals surface area contributed by atoms with Crippen molar-refractivity contribution in [1.82, 2.24) is 10.2 Å². The minimum atomic E-state index is -0.928. The van der Waals surface area contributed by atoms with Crippen LogP contribution in [0.15, 0.2) is 120 Å². The third kappa shape index (κ3) is 7.11. The smallest absolute Gasteiger partial charge is 0.249 e. The topological polar surface area (TPSA) is 99.8 Å². The first-order valence-electron chi connectivity index (χ1n) is 12.7. The van der Waals surface area contributed by atoms with E-state index in [0.29, 0.717) is 17.8 Å². The van der Waals surface area contributed by atoms with E-state index in [1.807, 2.05) is 109 Å². The van der Waals surface area contributed by atoms with Crippen LogP contribution in [0.5, 0.6) is 0 Å². The maximum atomic E-state index is 14.0. The third-order valence-electron chi connectivity index (χ3n) is 6.43. The number of nitrogens with two attached hydrogens (primary N) is 1. The minimum absolute atomic E-state index is 0.235. The van der Waals surface area contributed by atoms with Crippen LogP contribution in [-0.2, 0) is 16.1 Å². The number of benzene rings is 4. The van der Waals surface area contributed by atoms with Gasteiger partial charge in [-0.3, -0.25) is 14.6 Å². The van der Waals surface area contributed by atoms with Gasteiger partial charge >= 0.3 is 0 Å². The maximum absolute atomic E-state index is 14.0. The van der Waals surface area contributed by atoms with Gasteiger partial charge in [-0.05, 0) is 34.4 Å². The van der Waals surface area contributed by atoms with Gasteiger partial charge in [-0.1, -0.05) is 103 Å². The molecule has 39 heavy (non-hydrogen) atoms. The fourth-order valence-corrected chi connectivity index (χ4v) is 4.45. The number of nitrogens with zero attached hydrogens (tertiary/aromatic N) is 2. The number of aliphatic imine (C=N–C) groups is 1. The summed E-state index contributed by atoms with van der Waals surface area (Å²) >= 11 is 0. The predicted molar refractivity (Wildman–Crippen MR) is 156 cm³/mol. The zero-order chi connectivity index (χ0) is 27.6. The van der Waals surface area contributed by atoms with Crippen LogP contribution in [0, 0.1) is 0 Å². The van der Waals surface area contributed by atoms with E-state index in [1.165, 1.54) is 0 Å². The molecular formula is C32H33N5O2. The molecule has 1 atom stereocenters. The summed E-state index contributed by atoms with van der Waals surface area (Å²) in [5, 5.41) is 6.08. The van der Waals surface area contributed by atoms with E-state index in [4.69, 9.17) is 5.73 Å². The van der Waals surface area contributed by atoms with E-state index < -0.39 is 12.0 Å². The lowest BCUT2D eigenvalue weighted by molar-refractivity contribution is -0.136. The Kier molecular flexibility index (Phi) is 9.08. The fourth-order valence-electron chi connectivity index (χ4n) is 4.45. The molecule has 4 N–H and O–H groups in total. The van der Waals surface area contributed by atoms with Gasteiger partial charge in [0.05, 0.1) is 5.92 Å². The molecule has 0 bridgehead atoms. The molecule has 0 aliphatic heterocycles. The molecule has 0 saturated carbocycles. The fraction of sp³-hybridized carbons (Fsp3) is 0.156. The van der Waals surface area contributed by atoms with Crippen molar-refractivity contribution in [2.45, 2.75) is 18.5 Å². The Labute approximate surface area is 229 Å². The number of rotatable bonds is 9. The molecule has 0 saturated heterocycles. The van der Waals surface area contributed by atoms with Crippen molar-refractivity contribution in [1.29, 1.82) is 0 Å². The summed E-state index contributed by atoms with van der Waals surface area (Å²) in [7, 11) is 3.33. The van der Waals surface area contributed by atoms with Gasteiger partial charge < -0.3 is 21.3 Å². The van der Waals surface area contributed by atoms with Crippen LogP contribution in [0.3, 0.4) is 0 Å². The van der Waals surface area contributed by atoms with E-state index in [1.54, 1.807) is 25.1 Å². The van der Waals surface area contributed by atoms with Crippen molar-refractivity contribution in [3.8, 4) is 0 Å². The Balaban J connectivity index is 1.69. The van der Waals surface area contributed by atoms with Gasteiger partial charge in [0.15, 0.2) is 5.96 Å². The molecular weight excluding hydrogens is 486 g/mol. The van der Waals surface area contributed by atoms with E-state index in [0.717, 1.165) is 16.7 Å². The number of nitrogens with one attached hydrogen (secondary N) is 2. The molecule has 2 amide bonds. The number of hydrogen-bond donors (Lipinski definition) is 3. The Morgan fingerprint density at radius 1 is 0.795 bits per heavy atom. The van der Waals surface area contributed by atoms with Crippen molar-refractivity contribution in [2.75, 3.05) is 19.4 Å². The highest BCUT2D eigenvalue weighted by Crippen LogP contribution is 2.27. The number of hydrogen-bond acceptors (Lipinski definition) is 3. The quantitative estimate of drug-likeness (QED) is 0.221. The highest BCUT2D eigenvalue weighted by molar-refractivity contribution is 5.94. The van der Waals surface area contributed by atoms with Gasteiger partial charge in [-0.25, -0.2) is 0 Å². The molecule has 0 fully saturated rings. The number of carbonyl (C=O) groups excluding carboxylic acids is 2. The SMILES string of the molecule is CN=C(N)Nc1cccc(C(NC(=O)C(c2ccccc2)c2ccccc2)C(=O)N(C)Cc2ccccc2)c1. The van der Waals surface area contributed by atoms with Gasteiger partial charge in [0.25, 0.3) is 0 Å². The zero-order valence-electron chi connectivity index (χ0n) is 22.1. The van der Waals surface area contributed by atoms with Crippen LogP contribution in [0.2, 0.25) is 0 Å². The summed E-state index contributed by atoms with van der Waals surface area (Å²) in [6, 6.07) is 35.2. The molecule has 7 nitrogen and oxygen atoms in total. The average molecular weight is 520 g/mol. The number of carbonyl (C=O) groups is 2. The second-order valence-corrected chi connectivity index (χ2v) is 9.24. The first kappa shape index (κ1) is 27.1. The van der Waals surface area contributed by atoms with Crippen molar-refractivity contribution >= 4 is 23.5 Å². The van der Waals surface area contributed by atoms with Crippen LogP contribution >= 0.6 is 0 Å². The van der Waals surface area contributed by atoms with Crippen LogP contribution in [0.4, 0.5) is 5.69 Å². The van der Waals surface area contributed by atoms with Gasteiger partial charge in [-0.2, -0.15) is 0 Å². The van der Waals surface area contributed by atoms with Gasteiger partial charge in [0.2, 0.25) is 11.8 Å². The van der Waals surface area contributed by atoms with E-state index in [-0.39, 0.29) is 17.8 Å². The van der Waals surface area contributed by atoms with Crippen LogP contribution < -0.4 is 16.4 Å². The second-order valence-electron chi connectivity index (χ2n) is 9.24. The molecule has 4 aromatic carbocycles. The minimum Gasteiger partial charge on any atom is -0.370 e. The monoisotopic (exact) mass is 519 g/mol. The second kappa shape index (κ2) is 13.1. The molecule has 4 rings (SSSR count). The normalized spacial score (nSPS) is 12.0. The zero-order valence-corrected chi connectivity index (χ0v) is 22.1. The lowest BCUT2D eigenvalue weighted by atomic mass is 9.90. The van der Waals surface area contributed by atoms with Crippen LogP contribution in [0.1, 0.15) is 34.2 Å². The Hall–Kier alpha value is -4.91. The molecule has 7 heteroatoms. The average Bonchev–Trinajstić information content (AvgIpc) is 2.97. The summed E-state index contributed by atoms with van der Waals surface area (Å²) in [6.07, 6.45) is 0. The van der Waals surface area contributed by atoms with E-state index in [9.17, 15) is 9.59 Å². The summed E-state index contributed by atoms with van der Waals surface area (Å²) < 4.78 is 0. The first-order chi connectivity index (χ1) is 19.0. The van der Waals surface area contributed by atoms with Crippen molar-refractivity contribution in [3.63, 3.8) is 0 Å². The number of guanidine groups is 1. The molecule has 0 aliphatic carbocycles. The third-order valence-corrected chi connectivity index (χ3v) is 6.43. The molecule has 1 unspecified atom stereocenters. The van der Waals surface area contributed by atoms with Gasteiger partial charge in [0.1, 0.15) is 6.04 Å². The Bertz CT molecular complexity index is 1370. The Morgan fingerprint density at radius 3 is 1.90 bits per heavy atom. The molecule has 0 radical (unpaired) electrons. The van der Waals surface area contributed by atoms with Crippen molar-refractivity contribution in [3.05, 3.63) is 138 Å². The highest BCUT2D eigenvalue weighted by atomic mass is 16.2. The molecule has 198 valence electrons. The first-order valence-corrected chi connectivity index (χ1v) is 12.7. The molecule has 0 heterocycles. The molecule has 4 aromatic rings. The summed E-state index contributed by atoms with van der Waals surface area (Å²) in [6.45, 7) is 0.403. The molecule has 0 spiro atoms. The molecule has 0 aromatic heterocycles. The van der Waals surface area contributed by atoms with Crippen molar-refractivity contribution < 1.29 is 9.59 Å². The summed E-state index contributed by atoms with van der Waals surface area (Å²) in [5.41, 5.74) is 9.83. The van der Waals surface area contributed by atoms with Gasteiger partial charge in [-0.15, -0.1) is 0 Å². The molecule has 0 aliphatic rings. The lowest BCUT2D eigenvalue weighted by Crippen LogP contribution is -2.43. The highest BCUT2D eigenvalue weighted by Gasteiger charge is 2.30. The number of amides is 2. The standard InChI is InChI=1S/C32H33N5O2/c1-34-32(33)35-27-20-12-19-26(21-27)29(31(39)37(2)22-23-13-6-3-7-14-23)36-30(38)28(24-15-8-4-9-16-24)25-17-10-5-11-18-25/h3-21,28-29H,22H2,1-2H3,(H,36,38)(H3,33,34,35). The van der Waals surface area contributed by atoms with Crippen LogP contribution in [0.25, 0.3) is 0 Å². The number of likely N-dealkylation sites (N-methyl/N-ethyl adjacent to an activating group) is 1. The van der Waals surface area contributed by atoms with Gasteiger partial charge in [0, 0.05) is 26.3 Å². The summed E-state index contributed by atoms with van der Waals surface area (Å²) in [4.78, 5) is 33.5. The van der Waals surface area contributed by atoms with Crippen molar-refractivity contribution in [2.24, 2.45) is 10.7 Å². The predicted octanol–water partition coefficient (Wildman–Crippen LogP) is 4.69. The van der Waals surface area contributed by atoms with Crippen LogP contribution in [-0.4, -0.2) is 36.8 Å². The van der Waals surface area contributed by atoms with E-state index in [2.05, 4.69) is 15.6 Å². The summed E-state index contributed by atoms with van der Waals surface area (Å²) in [5.74, 6) is -0.854. The number of anilines is 1.